The third-order valence-corrected chi connectivity index (χ3v) is 3.89. The first-order chi connectivity index (χ1) is 9.68. The number of hydrogen-bond acceptors (Lipinski definition) is 1. The number of alkyl halides is 1. The van der Waals surface area contributed by atoms with Gasteiger partial charge in [-0.3, -0.25) is 0 Å². The van der Waals surface area contributed by atoms with Crippen molar-refractivity contribution in [1.29, 1.82) is 0 Å². The molecule has 0 aliphatic heterocycles. The highest BCUT2D eigenvalue weighted by Gasteiger charge is 1.92. The molecule has 1 nitrogen and oxygen atoms in total. The normalized spacial score (nSPS) is 10.5. The molecule has 0 bridgehead atoms. The molecule has 0 saturated carbocycles. The third kappa shape index (κ3) is 26.7. The molecular weight excluding hydrogens is 266 g/mol. The second-order valence-corrected chi connectivity index (χ2v) is 6.35. The summed E-state index contributed by atoms with van der Waals surface area (Å²) in [6.07, 6.45) is 16.9. The van der Waals surface area contributed by atoms with Gasteiger partial charge in [-0.15, -0.1) is 11.6 Å². The van der Waals surface area contributed by atoms with Gasteiger partial charge in [0.25, 0.3) is 0 Å². The Balaban J connectivity index is 0. The van der Waals surface area contributed by atoms with Crippen molar-refractivity contribution in [2.45, 2.75) is 90.9 Å². The number of hydrogen-bond donors (Lipinski definition) is 0. The predicted molar refractivity (Wildman–Crippen MR) is 96.0 cm³/mol. The van der Waals surface area contributed by atoms with Crippen molar-refractivity contribution in [2.24, 2.45) is 0 Å². The van der Waals surface area contributed by atoms with Crippen molar-refractivity contribution in [2.75, 3.05) is 26.5 Å². The summed E-state index contributed by atoms with van der Waals surface area (Å²) in [7, 11) is 4.11. The lowest BCUT2D eigenvalue weighted by molar-refractivity contribution is 0.434. The first kappa shape index (κ1) is 22.5. The summed E-state index contributed by atoms with van der Waals surface area (Å²) in [6, 6.07) is 0. The smallest absolute Gasteiger partial charge is 0.0223 e. The van der Waals surface area contributed by atoms with Gasteiger partial charge in [0.05, 0.1) is 0 Å². The standard InChI is InChI=1S/C14H29Cl.C4H11N/c1-2-3-4-5-6-7-8-9-10-11-12-13-14-15;1-4-5(2)3/h2-14H2,1H3;4H2,1-3H3. The molecule has 0 aliphatic rings. The molecule has 0 N–H and O–H groups in total. The largest absolute Gasteiger partial charge is 0.310 e. The summed E-state index contributed by atoms with van der Waals surface area (Å²) in [6.45, 7) is 5.54. The average Bonchev–Trinajstić information content (AvgIpc) is 2.45. The minimum Gasteiger partial charge on any atom is -0.310 e. The third-order valence-electron chi connectivity index (χ3n) is 3.62. The van der Waals surface area contributed by atoms with Crippen molar-refractivity contribution in [3.05, 3.63) is 0 Å². The topological polar surface area (TPSA) is 3.24 Å². The molecule has 0 spiro atoms. The molecule has 0 saturated heterocycles. The lowest BCUT2D eigenvalue weighted by Gasteiger charge is -2.01. The molecule has 0 heterocycles. The number of rotatable bonds is 13. The van der Waals surface area contributed by atoms with Crippen LogP contribution in [0.25, 0.3) is 0 Å². The van der Waals surface area contributed by atoms with Crippen LogP contribution in [0.2, 0.25) is 0 Å². The monoisotopic (exact) mass is 305 g/mol. The highest BCUT2D eigenvalue weighted by atomic mass is 35.5. The van der Waals surface area contributed by atoms with E-state index in [-0.39, 0.29) is 0 Å². The Kier molecular flexibility index (Phi) is 24.3. The van der Waals surface area contributed by atoms with Gasteiger partial charge in [0.2, 0.25) is 0 Å². The van der Waals surface area contributed by atoms with Crippen LogP contribution in [0.1, 0.15) is 90.9 Å². The van der Waals surface area contributed by atoms with Crippen LogP contribution in [-0.2, 0) is 0 Å². The Labute approximate surface area is 134 Å². The SMILES string of the molecule is CCCCCCCCCCCCCCCl.CCN(C)C. The van der Waals surface area contributed by atoms with E-state index in [1.54, 1.807) is 0 Å². The van der Waals surface area contributed by atoms with Crippen molar-refractivity contribution in [3.63, 3.8) is 0 Å². The van der Waals surface area contributed by atoms with Crippen LogP contribution in [0.15, 0.2) is 0 Å². The molecule has 0 aromatic rings. The van der Waals surface area contributed by atoms with Crippen LogP contribution in [0, 0.1) is 0 Å². The van der Waals surface area contributed by atoms with Crippen LogP contribution in [0.5, 0.6) is 0 Å². The van der Waals surface area contributed by atoms with E-state index in [1.807, 2.05) is 0 Å². The maximum absolute atomic E-state index is 5.62. The van der Waals surface area contributed by atoms with Crippen molar-refractivity contribution in [3.8, 4) is 0 Å². The van der Waals surface area contributed by atoms with E-state index in [9.17, 15) is 0 Å². The first-order valence-corrected chi connectivity index (χ1v) is 9.43. The van der Waals surface area contributed by atoms with Gasteiger partial charge in [-0.25, -0.2) is 0 Å². The Morgan fingerprint density at radius 1 is 0.600 bits per heavy atom. The number of halogens is 1. The minimum absolute atomic E-state index is 0.845. The zero-order chi connectivity index (χ0) is 15.5. The summed E-state index contributed by atoms with van der Waals surface area (Å²) in [5.74, 6) is 0.845. The van der Waals surface area contributed by atoms with E-state index in [4.69, 9.17) is 11.6 Å². The maximum Gasteiger partial charge on any atom is 0.0223 e. The summed E-state index contributed by atoms with van der Waals surface area (Å²) >= 11 is 5.62. The molecule has 0 amide bonds. The summed E-state index contributed by atoms with van der Waals surface area (Å²) in [4.78, 5) is 2.12. The average molecular weight is 306 g/mol. The second kappa shape index (κ2) is 21.5. The fourth-order valence-electron chi connectivity index (χ4n) is 1.94. The predicted octanol–water partition coefficient (Wildman–Crippen LogP) is 6.49. The maximum atomic E-state index is 5.62. The van der Waals surface area contributed by atoms with Gasteiger partial charge in [-0.2, -0.15) is 0 Å². The first-order valence-electron chi connectivity index (χ1n) is 8.89. The molecule has 0 aliphatic carbocycles. The lowest BCUT2D eigenvalue weighted by Crippen LogP contribution is -2.08. The zero-order valence-corrected chi connectivity index (χ0v) is 15.5. The van der Waals surface area contributed by atoms with Gasteiger partial charge in [0, 0.05) is 5.88 Å². The van der Waals surface area contributed by atoms with E-state index in [0.29, 0.717) is 0 Å². The van der Waals surface area contributed by atoms with Crippen molar-refractivity contribution in [1.82, 2.24) is 4.90 Å². The van der Waals surface area contributed by atoms with Crippen molar-refractivity contribution >= 4 is 11.6 Å². The highest BCUT2D eigenvalue weighted by molar-refractivity contribution is 6.17. The molecular formula is C18H40ClN. The van der Waals surface area contributed by atoms with E-state index in [1.165, 1.54) is 77.0 Å². The molecule has 0 rings (SSSR count). The molecule has 0 aromatic carbocycles. The molecule has 0 fully saturated rings. The van der Waals surface area contributed by atoms with Gasteiger partial charge in [0.1, 0.15) is 0 Å². The zero-order valence-electron chi connectivity index (χ0n) is 14.7. The number of nitrogens with zero attached hydrogens (tertiary/aromatic N) is 1. The fraction of sp³-hybridized carbons (Fsp3) is 1.00. The quantitative estimate of drug-likeness (QED) is 0.277. The van der Waals surface area contributed by atoms with Gasteiger partial charge in [-0.1, -0.05) is 84.5 Å². The molecule has 2 heteroatoms. The van der Waals surface area contributed by atoms with Gasteiger partial charge < -0.3 is 4.90 Å². The highest BCUT2D eigenvalue weighted by Crippen LogP contribution is 2.11. The Bertz CT molecular complexity index is 136. The molecule has 0 aromatic heterocycles. The van der Waals surface area contributed by atoms with Crippen LogP contribution in [-0.4, -0.2) is 31.4 Å². The van der Waals surface area contributed by atoms with Gasteiger partial charge in [0.15, 0.2) is 0 Å². The summed E-state index contributed by atoms with van der Waals surface area (Å²) in [5, 5.41) is 0. The Hall–Kier alpha value is 0.250. The van der Waals surface area contributed by atoms with E-state index >= 15 is 0 Å². The van der Waals surface area contributed by atoms with Crippen LogP contribution in [0.4, 0.5) is 0 Å². The number of unbranched alkanes of at least 4 members (excludes halogenated alkanes) is 11. The second-order valence-electron chi connectivity index (χ2n) is 5.97. The van der Waals surface area contributed by atoms with E-state index in [2.05, 4.69) is 32.8 Å². The molecule has 0 unspecified atom stereocenters. The molecule has 0 atom stereocenters. The lowest BCUT2D eigenvalue weighted by atomic mass is 10.1. The molecule has 0 radical (unpaired) electrons. The fourth-order valence-corrected chi connectivity index (χ4v) is 2.12. The van der Waals surface area contributed by atoms with Gasteiger partial charge >= 0.3 is 0 Å². The summed E-state index contributed by atoms with van der Waals surface area (Å²) < 4.78 is 0. The van der Waals surface area contributed by atoms with E-state index in [0.717, 1.165) is 12.4 Å². The van der Waals surface area contributed by atoms with Crippen LogP contribution >= 0.6 is 11.6 Å². The van der Waals surface area contributed by atoms with Crippen LogP contribution < -0.4 is 0 Å². The summed E-state index contributed by atoms with van der Waals surface area (Å²) in [5.41, 5.74) is 0. The Morgan fingerprint density at radius 3 is 1.15 bits per heavy atom. The molecule has 124 valence electrons. The van der Waals surface area contributed by atoms with Crippen molar-refractivity contribution < 1.29 is 0 Å². The minimum atomic E-state index is 0.845. The van der Waals surface area contributed by atoms with Gasteiger partial charge in [-0.05, 0) is 27.1 Å². The van der Waals surface area contributed by atoms with E-state index < -0.39 is 0 Å². The Morgan fingerprint density at radius 2 is 0.900 bits per heavy atom. The molecule has 20 heavy (non-hydrogen) atoms. The van der Waals surface area contributed by atoms with Crippen LogP contribution in [0.3, 0.4) is 0 Å².